The molecule has 2 rings (SSSR count). The van der Waals surface area contributed by atoms with E-state index in [2.05, 4.69) is 5.10 Å². The van der Waals surface area contributed by atoms with E-state index in [1.54, 1.807) is 17.1 Å². The van der Waals surface area contributed by atoms with Crippen molar-refractivity contribution in [3.05, 3.63) is 54.4 Å². The lowest BCUT2D eigenvalue weighted by atomic mass is 10.1. The van der Waals surface area contributed by atoms with Crippen LogP contribution in [0.15, 0.2) is 48.8 Å². The average molecular weight is 200 g/mol. The molecule has 3 nitrogen and oxygen atoms in total. The van der Waals surface area contributed by atoms with E-state index in [0.717, 1.165) is 5.56 Å². The maximum atomic E-state index is 12.0. The predicted octanol–water partition coefficient (Wildman–Crippen LogP) is 2.33. The molecule has 15 heavy (non-hydrogen) atoms. The Morgan fingerprint density at radius 1 is 1.27 bits per heavy atom. The van der Waals surface area contributed by atoms with Gasteiger partial charge in [0.2, 0.25) is 0 Å². The molecule has 76 valence electrons. The van der Waals surface area contributed by atoms with Gasteiger partial charge >= 0.3 is 0 Å². The molecule has 2 aromatic rings. The predicted molar refractivity (Wildman–Crippen MR) is 57.7 cm³/mol. The number of nitrogens with zero attached hydrogens (tertiary/aromatic N) is 2. The topological polar surface area (TPSA) is 34.9 Å². The van der Waals surface area contributed by atoms with Crippen LogP contribution in [0.3, 0.4) is 0 Å². The minimum Gasteiger partial charge on any atom is -0.292 e. The molecule has 0 saturated heterocycles. The van der Waals surface area contributed by atoms with Crippen molar-refractivity contribution >= 4 is 5.78 Å². The number of hydrogen-bond donors (Lipinski definition) is 0. The average Bonchev–Trinajstić information content (AvgIpc) is 2.82. The molecular weight excluding hydrogens is 188 g/mol. The molecule has 0 radical (unpaired) electrons. The number of ketones is 1. The Hall–Kier alpha value is -1.90. The quantitative estimate of drug-likeness (QED) is 0.713. The van der Waals surface area contributed by atoms with Crippen LogP contribution in [0.1, 0.15) is 23.3 Å². The Morgan fingerprint density at radius 3 is 2.60 bits per heavy atom. The number of rotatable bonds is 3. The smallest absolute Gasteiger partial charge is 0.187 e. The highest BCUT2D eigenvalue weighted by Crippen LogP contribution is 2.12. The second kappa shape index (κ2) is 4.09. The van der Waals surface area contributed by atoms with Crippen molar-refractivity contribution in [2.24, 2.45) is 0 Å². The first-order chi connectivity index (χ1) is 7.29. The van der Waals surface area contributed by atoms with E-state index in [-0.39, 0.29) is 11.8 Å². The third kappa shape index (κ3) is 1.96. The van der Waals surface area contributed by atoms with E-state index < -0.39 is 0 Å². The second-order valence-corrected chi connectivity index (χ2v) is 3.39. The highest BCUT2D eigenvalue weighted by Gasteiger charge is 2.16. The van der Waals surface area contributed by atoms with Gasteiger partial charge in [-0.25, -0.2) is 0 Å². The molecule has 0 aliphatic rings. The zero-order valence-electron chi connectivity index (χ0n) is 8.50. The van der Waals surface area contributed by atoms with Gasteiger partial charge in [0.05, 0.1) is 0 Å². The fraction of sp³-hybridized carbons (Fsp3) is 0.167. The molecular formula is C12H12N2O. The summed E-state index contributed by atoms with van der Waals surface area (Å²) in [5, 5.41) is 4.06. The largest absolute Gasteiger partial charge is 0.292 e. The maximum absolute atomic E-state index is 12.0. The Bertz CT molecular complexity index is 434. The Labute approximate surface area is 88.4 Å². The van der Waals surface area contributed by atoms with Crippen molar-refractivity contribution in [2.75, 3.05) is 0 Å². The first-order valence-electron chi connectivity index (χ1n) is 4.87. The summed E-state index contributed by atoms with van der Waals surface area (Å²) in [5.41, 5.74) is 0.723. The van der Waals surface area contributed by atoms with Crippen LogP contribution in [-0.2, 0) is 0 Å². The van der Waals surface area contributed by atoms with Crippen LogP contribution in [0, 0.1) is 0 Å². The van der Waals surface area contributed by atoms with Crippen LogP contribution < -0.4 is 0 Å². The zero-order valence-corrected chi connectivity index (χ0v) is 8.50. The van der Waals surface area contributed by atoms with Crippen molar-refractivity contribution in [1.82, 2.24) is 9.78 Å². The van der Waals surface area contributed by atoms with Crippen LogP contribution >= 0.6 is 0 Å². The van der Waals surface area contributed by atoms with E-state index in [0.29, 0.717) is 0 Å². The molecule has 1 aromatic heterocycles. The van der Waals surface area contributed by atoms with Crippen LogP contribution in [0.5, 0.6) is 0 Å². The molecule has 1 atom stereocenters. The minimum atomic E-state index is -0.248. The first kappa shape index (κ1) is 9.65. The molecule has 0 aliphatic carbocycles. The molecule has 0 fully saturated rings. The minimum absolute atomic E-state index is 0.0827. The number of benzene rings is 1. The Morgan fingerprint density at radius 2 is 2.00 bits per heavy atom. The molecule has 1 heterocycles. The summed E-state index contributed by atoms with van der Waals surface area (Å²) < 4.78 is 1.66. The monoisotopic (exact) mass is 200 g/mol. The summed E-state index contributed by atoms with van der Waals surface area (Å²) in [5.74, 6) is 0.0827. The van der Waals surface area contributed by atoms with E-state index in [1.165, 1.54) is 0 Å². The fourth-order valence-corrected chi connectivity index (χ4v) is 1.47. The SMILES string of the molecule is CC(C(=O)c1ccccc1)n1cccn1. The van der Waals surface area contributed by atoms with Gasteiger partial charge in [0.1, 0.15) is 6.04 Å². The maximum Gasteiger partial charge on any atom is 0.187 e. The van der Waals surface area contributed by atoms with Crippen molar-refractivity contribution < 1.29 is 4.79 Å². The molecule has 1 aromatic carbocycles. The number of carbonyl (C=O) groups excluding carboxylic acids is 1. The summed E-state index contributed by atoms with van der Waals surface area (Å²) in [6, 6.07) is 10.8. The van der Waals surface area contributed by atoms with E-state index >= 15 is 0 Å². The number of Topliss-reactive ketones (excluding diaryl/α,β-unsaturated/α-hetero) is 1. The third-order valence-corrected chi connectivity index (χ3v) is 2.36. The lowest BCUT2D eigenvalue weighted by Gasteiger charge is -2.10. The molecule has 0 spiro atoms. The molecule has 0 saturated carbocycles. The third-order valence-electron chi connectivity index (χ3n) is 2.36. The first-order valence-corrected chi connectivity index (χ1v) is 4.87. The number of aromatic nitrogens is 2. The van der Waals surface area contributed by atoms with Gasteiger partial charge in [0.15, 0.2) is 5.78 Å². The highest BCUT2D eigenvalue weighted by atomic mass is 16.1. The van der Waals surface area contributed by atoms with Crippen molar-refractivity contribution in [3.63, 3.8) is 0 Å². The fourth-order valence-electron chi connectivity index (χ4n) is 1.47. The molecule has 0 bridgehead atoms. The van der Waals surface area contributed by atoms with Gasteiger partial charge in [-0.3, -0.25) is 9.48 Å². The summed E-state index contributed by atoms with van der Waals surface area (Å²) in [6.45, 7) is 1.85. The van der Waals surface area contributed by atoms with Crippen LogP contribution in [0.4, 0.5) is 0 Å². The lowest BCUT2D eigenvalue weighted by Crippen LogP contribution is -2.16. The zero-order chi connectivity index (χ0) is 10.7. The number of hydrogen-bond acceptors (Lipinski definition) is 2. The number of carbonyl (C=O) groups is 1. The van der Waals surface area contributed by atoms with Gasteiger partial charge in [-0.2, -0.15) is 5.10 Å². The van der Waals surface area contributed by atoms with E-state index in [9.17, 15) is 4.79 Å². The highest BCUT2D eigenvalue weighted by molar-refractivity contribution is 5.98. The van der Waals surface area contributed by atoms with Crippen LogP contribution in [0.25, 0.3) is 0 Å². The molecule has 0 amide bonds. The van der Waals surface area contributed by atoms with Gasteiger partial charge in [-0.05, 0) is 13.0 Å². The summed E-state index contributed by atoms with van der Waals surface area (Å²) in [6.07, 6.45) is 3.47. The Kier molecular flexibility index (Phi) is 2.63. The van der Waals surface area contributed by atoms with E-state index in [4.69, 9.17) is 0 Å². The van der Waals surface area contributed by atoms with Crippen molar-refractivity contribution in [2.45, 2.75) is 13.0 Å². The van der Waals surface area contributed by atoms with Crippen molar-refractivity contribution in [1.29, 1.82) is 0 Å². The summed E-state index contributed by atoms with van der Waals surface area (Å²) in [4.78, 5) is 12.0. The second-order valence-electron chi connectivity index (χ2n) is 3.39. The van der Waals surface area contributed by atoms with Gasteiger partial charge in [0.25, 0.3) is 0 Å². The van der Waals surface area contributed by atoms with Crippen LogP contribution in [0.2, 0.25) is 0 Å². The Balaban J connectivity index is 2.23. The van der Waals surface area contributed by atoms with Gasteiger partial charge in [-0.15, -0.1) is 0 Å². The van der Waals surface area contributed by atoms with Crippen LogP contribution in [-0.4, -0.2) is 15.6 Å². The molecule has 0 aliphatic heterocycles. The summed E-state index contributed by atoms with van der Waals surface area (Å²) in [7, 11) is 0. The standard InChI is InChI=1S/C12H12N2O/c1-10(14-9-5-8-13-14)12(15)11-6-3-2-4-7-11/h2-10H,1H3. The van der Waals surface area contributed by atoms with Gasteiger partial charge in [-0.1, -0.05) is 30.3 Å². The van der Waals surface area contributed by atoms with Gasteiger partial charge in [0, 0.05) is 18.0 Å². The summed E-state index contributed by atoms with van der Waals surface area (Å²) >= 11 is 0. The molecule has 1 unspecified atom stereocenters. The van der Waals surface area contributed by atoms with Crippen molar-refractivity contribution in [3.8, 4) is 0 Å². The molecule has 0 N–H and O–H groups in total. The normalized spacial score (nSPS) is 12.3. The lowest BCUT2D eigenvalue weighted by molar-refractivity contribution is 0.0928. The van der Waals surface area contributed by atoms with Gasteiger partial charge < -0.3 is 0 Å². The van der Waals surface area contributed by atoms with E-state index in [1.807, 2.05) is 43.3 Å². The molecule has 3 heteroatoms.